The van der Waals surface area contributed by atoms with Gasteiger partial charge in [0.05, 0.1) is 13.2 Å². The van der Waals surface area contributed by atoms with Crippen molar-refractivity contribution in [2.75, 3.05) is 13.2 Å². The van der Waals surface area contributed by atoms with Gasteiger partial charge in [0.25, 0.3) is 0 Å². The maximum atomic E-state index is 10.2. The molecule has 0 spiro atoms. The maximum absolute atomic E-state index is 10.2. The highest BCUT2D eigenvalue weighted by Gasteiger charge is 1.96. The summed E-state index contributed by atoms with van der Waals surface area (Å²) in [7, 11) is 0. The Balaban J connectivity index is 0.000000262. The summed E-state index contributed by atoms with van der Waals surface area (Å²) in [6.45, 7) is 6.30. The van der Waals surface area contributed by atoms with Crippen LogP contribution in [0.25, 0.3) is 0 Å². The third-order valence-electron chi connectivity index (χ3n) is 1.46. The van der Waals surface area contributed by atoms with E-state index in [1.54, 1.807) is 13.8 Å². The standard InChI is InChI=1S/C7H8.C5H10O3/c1-7-5-3-2-4-6-7;1-3-7-5(6)8-4-2/h2-6H,1H3;3-4H2,1-2H3. The molecule has 1 aromatic carbocycles. The van der Waals surface area contributed by atoms with Crippen molar-refractivity contribution in [3.05, 3.63) is 35.9 Å². The van der Waals surface area contributed by atoms with Crippen LogP contribution in [0.15, 0.2) is 30.3 Å². The third-order valence-corrected chi connectivity index (χ3v) is 1.46. The number of hydrogen-bond donors (Lipinski definition) is 0. The van der Waals surface area contributed by atoms with Crippen molar-refractivity contribution in [3.8, 4) is 0 Å². The van der Waals surface area contributed by atoms with E-state index in [1.807, 2.05) is 18.2 Å². The van der Waals surface area contributed by atoms with E-state index in [0.29, 0.717) is 13.2 Å². The largest absolute Gasteiger partial charge is 0.508 e. The predicted octanol–water partition coefficient (Wildman–Crippen LogP) is 3.17. The second kappa shape index (κ2) is 9.06. The molecule has 0 aliphatic rings. The second-order valence-corrected chi connectivity index (χ2v) is 2.77. The van der Waals surface area contributed by atoms with Gasteiger partial charge in [-0.25, -0.2) is 4.79 Å². The van der Waals surface area contributed by atoms with Gasteiger partial charge in [-0.05, 0) is 20.8 Å². The average Bonchev–Trinajstić information content (AvgIpc) is 2.20. The molecule has 1 aromatic rings. The fourth-order valence-corrected chi connectivity index (χ4v) is 0.812. The van der Waals surface area contributed by atoms with Crippen LogP contribution >= 0.6 is 0 Å². The molecule has 0 N–H and O–H groups in total. The molecular formula is C12H18O3. The van der Waals surface area contributed by atoms with Crippen molar-refractivity contribution in [2.24, 2.45) is 0 Å². The highest BCUT2D eigenvalue weighted by molar-refractivity contribution is 5.59. The Bertz CT molecular complexity index is 249. The Morgan fingerprint density at radius 1 is 1.07 bits per heavy atom. The Morgan fingerprint density at radius 3 is 1.80 bits per heavy atom. The van der Waals surface area contributed by atoms with Crippen molar-refractivity contribution < 1.29 is 14.3 Å². The van der Waals surface area contributed by atoms with Gasteiger partial charge < -0.3 is 9.47 Å². The average molecular weight is 210 g/mol. The lowest BCUT2D eigenvalue weighted by molar-refractivity contribution is 0.0630. The molecule has 3 heteroatoms. The lowest BCUT2D eigenvalue weighted by Crippen LogP contribution is -2.05. The minimum atomic E-state index is -0.588. The summed E-state index contributed by atoms with van der Waals surface area (Å²) in [6, 6.07) is 10.3. The number of aryl methyl sites for hydroxylation is 1. The van der Waals surface area contributed by atoms with E-state index in [4.69, 9.17) is 0 Å². The van der Waals surface area contributed by atoms with Crippen LogP contribution in [0.3, 0.4) is 0 Å². The van der Waals surface area contributed by atoms with Crippen LogP contribution in [0.2, 0.25) is 0 Å². The van der Waals surface area contributed by atoms with Gasteiger partial charge in [0, 0.05) is 0 Å². The van der Waals surface area contributed by atoms with Crippen LogP contribution in [-0.2, 0) is 9.47 Å². The number of hydrogen-bond acceptors (Lipinski definition) is 3. The number of carbonyl (C=O) groups is 1. The van der Waals surface area contributed by atoms with Crippen molar-refractivity contribution in [1.29, 1.82) is 0 Å². The van der Waals surface area contributed by atoms with Gasteiger partial charge >= 0.3 is 6.16 Å². The first-order chi connectivity index (χ1) is 7.20. The van der Waals surface area contributed by atoms with Gasteiger partial charge in [-0.15, -0.1) is 0 Å². The molecule has 0 amide bonds. The summed E-state index contributed by atoms with van der Waals surface area (Å²) < 4.78 is 8.84. The van der Waals surface area contributed by atoms with E-state index < -0.39 is 6.16 Å². The SMILES string of the molecule is CCOC(=O)OCC.Cc1ccccc1. The van der Waals surface area contributed by atoms with E-state index in [-0.39, 0.29) is 0 Å². The Hall–Kier alpha value is -1.51. The van der Waals surface area contributed by atoms with E-state index in [0.717, 1.165) is 0 Å². The van der Waals surface area contributed by atoms with E-state index >= 15 is 0 Å². The number of ether oxygens (including phenoxy) is 2. The fourth-order valence-electron chi connectivity index (χ4n) is 0.812. The van der Waals surface area contributed by atoms with Crippen LogP contribution in [0.5, 0.6) is 0 Å². The first-order valence-electron chi connectivity index (χ1n) is 5.01. The molecule has 0 unspecified atom stereocenters. The molecule has 0 fully saturated rings. The predicted molar refractivity (Wildman–Crippen MR) is 59.8 cm³/mol. The molecule has 15 heavy (non-hydrogen) atoms. The summed E-state index contributed by atoms with van der Waals surface area (Å²) >= 11 is 0. The zero-order chi connectivity index (χ0) is 11.5. The molecule has 0 bridgehead atoms. The van der Waals surface area contributed by atoms with Crippen LogP contribution in [-0.4, -0.2) is 19.4 Å². The normalized spacial score (nSPS) is 8.47. The van der Waals surface area contributed by atoms with Crippen LogP contribution in [0, 0.1) is 6.92 Å². The lowest BCUT2D eigenvalue weighted by atomic mass is 10.2. The lowest BCUT2D eigenvalue weighted by Gasteiger charge is -1.98. The smallest absolute Gasteiger partial charge is 0.435 e. The van der Waals surface area contributed by atoms with Crippen molar-refractivity contribution in [1.82, 2.24) is 0 Å². The van der Waals surface area contributed by atoms with Gasteiger partial charge in [0.1, 0.15) is 0 Å². The van der Waals surface area contributed by atoms with Crippen molar-refractivity contribution in [2.45, 2.75) is 20.8 Å². The summed E-state index contributed by atoms with van der Waals surface area (Å²) in [5.74, 6) is 0. The molecule has 0 aliphatic carbocycles. The van der Waals surface area contributed by atoms with E-state index in [9.17, 15) is 4.79 Å². The summed E-state index contributed by atoms with van der Waals surface area (Å²) in [6.07, 6.45) is -0.588. The number of rotatable bonds is 2. The minimum Gasteiger partial charge on any atom is -0.435 e. The van der Waals surface area contributed by atoms with Crippen molar-refractivity contribution in [3.63, 3.8) is 0 Å². The summed E-state index contributed by atoms with van der Waals surface area (Å²) in [5, 5.41) is 0. The Kier molecular flexibility index (Phi) is 8.15. The zero-order valence-corrected chi connectivity index (χ0v) is 9.53. The molecule has 84 valence electrons. The first kappa shape index (κ1) is 13.5. The topological polar surface area (TPSA) is 35.5 Å². The first-order valence-corrected chi connectivity index (χ1v) is 5.01. The molecule has 0 radical (unpaired) electrons. The highest BCUT2D eigenvalue weighted by Crippen LogP contribution is 1.92. The van der Waals surface area contributed by atoms with Gasteiger partial charge in [-0.3, -0.25) is 0 Å². The quantitative estimate of drug-likeness (QED) is 0.703. The maximum Gasteiger partial charge on any atom is 0.508 e. The zero-order valence-electron chi connectivity index (χ0n) is 9.53. The molecule has 0 atom stereocenters. The highest BCUT2D eigenvalue weighted by atomic mass is 16.7. The molecule has 0 heterocycles. The number of carbonyl (C=O) groups excluding carboxylic acids is 1. The summed E-state index contributed by atoms with van der Waals surface area (Å²) in [5.41, 5.74) is 1.32. The van der Waals surface area contributed by atoms with Gasteiger partial charge in [-0.2, -0.15) is 0 Å². The molecule has 0 aliphatic heterocycles. The molecule has 0 saturated carbocycles. The van der Waals surface area contributed by atoms with Crippen molar-refractivity contribution >= 4 is 6.16 Å². The Labute approximate surface area is 91.0 Å². The van der Waals surface area contributed by atoms with Gasteiger partial charge in [0.15, 0.2) is 0 Å². The molecule has 1 rings (SSSR count). The Morgan fingerprint density at radius 2 is 1.53 bits per heavy atom. The van der Waals surface area contributed by atoms with Crippen LogP contribution < -0.4 is 0 Å². The summed E-state index contributed by atoms with van der Waals surface area (Å²) in [4.78, 5) is 10.2. The monoisotopic (exact) mass is 210 g/mol. The molecule has 0 saturated heterocycles. The van der Waals surface area contributed by atoms with Crippen LogP contribution in [0.1, 0.15) is 19.4 Å². The molecule has 3 nitrogen and oxygen atoms in total. The van der Waals surface area contributed by atoms with Gasteiger partial charge in [0.2, 0.25) is 0 Å². The van der Waals surface area contributed by atoms with Crippen LogP contribution in [0.4, 0.5) is 4.79 Å². The van der Waals surface area contributed by atoms with Gasteiger partial charge in [-0.1, -0.05) is 35.9 Å². The van der Waals surface area contributed by atoms with E-state index in [2.05, 4.69) is 28.5 Å². The second-order valence-electron chi connectivity index (χ2n) is 2.77. The third kappa shape index (κ3) is 8.81. The minimum absolute atomic E-state index is 0.374. The fraction of sp³-hybridized carbons (Fsp3) is 0.417. The molecule has 0 aromatic heterocycles. The molecular weight excluding hydrogens is 192 g/mol. The van der Waals surface area contributed by atoms with E-state index in [1.165, 1.54) is 5.56 Å². The number of benzene rings is 1.